The number of amides is 1. The topological polar surface area (TPSA) is 32.3 Å². The highest BCUT2D eigenvalue weighted by Crippen LogP contribution is 2.12. The first kappa shape index (κ1) is 14.1. The molecule has 104 valence electrons. The normalized spacial score (nSPS) is 19.5. The second-order valence-corrected chi connectivity index (χ2v) is 5.90. The number of likely N-dealkylation sites (N-methyl/N-ethyl adjacent to an activating group) is 1. The van der Waals surface area contributed by atoms with Gasteiger partial charge in [0.15, 0.2) is 0 Å². The second kappa shape index (κ2) is 6.20. The van der Waals surface area contributed by atoms with Crippen LogP contribution in [-0.4, -0.2) is 30.4 Å². The number of benzene rings is 1. The molecule has 1 N–H and O–H groups in total. The third-order valence-corrected chi connectivity index (χ3v) is 3.65. The van der Waals surface area contributed by atoms with Crippen molar-refractivity contribution < 1.29 is 4.79 Å². The first-order chi connectivity index (χ1) is 9.06. The van der Waals surface area contributed by atoms with Crippen LogP contribution in [0.25, 0.3) is 0 Å². The van der Waals surface area contributed by atoms with Gasteiger partial charge in [0.2, 0.25) is 5.91 Å². The van der Waals surface area contributed by atoms with E-state index in [1.807, 2.05) is 7.05 Å². The third-order valence-electron chi connectivity index (χ3n) is 3.65. The van der Waals surface area contributed by atoms with Gasteiger partial charge in [0.05, 0.1) is 6.04 Å². The molecule has 0 radical (unpaired) electrons. The van der Waals surface area contributed by atoms with Crippen molar-refractivity contribution in [3.05, 3.63) is 35.4 Å². The Kier molecular flexibility index (Phi) is 4.59. The summed E-state index contributed by atoms with van der Waals surface area (Å²) < 4.78 is 0. The summed E-state index contributed by atoms with van der Waals surface area (Å²) in [5.74, 6) is 0.909. The molecule has 3 nitrogen and oxygen atoms in total. The van der Waals surface area contributed by atoms with E-state index in [1.165, 1.54) is 11.1 Å². The van der Waals surface area contributed by atoms with E-state index >= 15 is 0 Å². The summed E-state index contributed by atoms with van der Waals surface area (Å²) >= 11 is 0. The highest BCUT2D eigenvalue weighted by Gasteiger charge is 2.28. The molecular formula is C16H24N2O. The molecule has 1 aromatic rings. The fourth-order valence-electron chi connectivity index (χ4n) is 2.52. The summed E-state index contributed by atoms with van der Waals surface area (Å²) in [5.41, 5.74) is 2.63. The van der Waals surface area contributed by atoms with Crippen LogP contribution in [0, 0.1) is 5.92 Å². The van der Waals surface area contributed by atoms with E-state index in [9.17, 15) is 4.79 Å². The Labute approximate surface area is 116 Å². The minimum Gasteiger partial charge on any atom is -0.344 e. The van der Waals surface area contributed by atoms with Crippen molar-refractivity contribution in [1.29, 1.82) is 0 Å². The van der Waals surface area contributed by atoms with Gasteiger partial charge in [-0.2, -0.15) is 0 Å². The van der Waals surface area contributed by atoms with Crippen LogP contribution in [0.5, 0.6) is 0 Å². The first-order valence-corrected chi connectivity index (χ1v) is 7.12. The summed E-state index contributed by atoms with van der Waals surface area (Å²) in [6.07, 6.45) is 2.04. The van der Waals surface area contributed by atoms with Gasteiger partial charge in [-0.3, -0.25) is 4.79 Å². The second-order valence-electron chi connectivity index (χ2n) is 5.90. The zero-order valence-electron chi connectivity index (χ0n) is 12.1. The highest BCUT2D eigenvalue weighted by molar-refractivity contribution is 5.83. The fourth-order valence-corrected chi connectivity index (χ4v) is 2.52. The van der Waals surface area contributed by atoms with Crippen LogP contribution < -0.4 is 5.32 Å². The number of carbonyl (C=O) groups is 1. The fraction of sp³-hybridized carbons (Fsp3) is 0.562. The molecule has 0 bridgehead atoms. The van der Waals surface area contributed by atoms with E-state index in [2.05, 4.69) is 43.4 Å². The number of hydrogen-bond acceptors (Lipinski definition) is 2. The van der Waals surface area contributed by atoms with Gasteiger partial charge in [-0.25, -0.2) is 0 Å². The zero-order chi connectivity index (χ0) is 13.8. The van der Waals surface area contributed by atoms with E-state index in [4.69, 9.17) is 0 Å². The standard InChI is InChI=1S/C16H24N2O/c1-12(2)10-13-4-6-14(7-5-13)11-17-15-8-9-18(3)16(15)19/h4-7,12,15,17H,8-11H2,1-3H3/t15-/m0/s1. The van der Waals surface area contributed by atoms with Crippen LogP contribution in [0.15, 0.2) is 24.3 Å². The molecule has 1 aromatic carbocycles. The monoisotopic (exact) mass is 260 g/mol. The van der Waals surface area contributed by atoms with Crippen molar-refractivity contribution in [1.82, 2.24) is 10.2 Å². The van der Waals surface area contributed by atoms with Gasteiger partial charge in [0.1, 0.15) is 0 Å². The van der Waals surface area contributed by atoms with Gasteiger partial charge in [-0.1, -0.05) is 38.1 Å². The molecule has 0 unspecified atom stereocenters. The van der Waals surface area contributed by atoms with E-state index < -0.39 is 0 Å². The number of carbonyl (C=O) groups excluding carboxylic acids is 1. The Bertz CT molecular complexity index is 425. The number of rotatable bonds is 5. The Hall–Kier alpha value is -1.35. The van der Waals surface area contributed by atoms with Crippen LogP contribution in [0.4, 0.5) is 0 Å². The lowest BCUT2D eigenvalue weighted by Gasteiger charge is -2.12. The first-order valence-electron chi connectivity index (χ1n) is 7.12. The maximum Gasteiger partial charge on any atom is 0.239 e. The summed E-state index contributed by atoms with van der Waals surface area (Å²) in [6.45, 7) is 6.10. The van der Waals surface area contributed by atoms with Gasteiger partial charge >= 0.3 is 0 Å². The lowest BCUT2D eigenvalue weighted by Crippen LogP contribution is -2.36. The molecule has 1 fully saturated rings. The lowest BCUT2D eigenvalue weighted by molar-refractivity contribution is -0.128. The smallest absolute Gasteiger partial charge is 0.239 e. The molecule has 0 aliphatic carbocycles. The van der Waals surface area contributed by atoms with E-state index in [1.54, 1.807) is 4.90 Å². The molecule has 1 saturated heterocycles. The van der Waals surface area contributed by atoms with E-state index in [0.29, 0.717) is 5.92 Å². The minimum absolute atomic E-state index is 0.000315. The Morgan fingerprint density at radius 2 is 1.89 bits per heavy atom. The van der Waals surface area contributed by atoms with Crippen molar-refractivity contribution >= 4 is 5.91 Å². The molecule has 1 amide bonds. The van der Waals surface area contributed by atoms with Crippen LogP contribution in [0.1, 0.15) is 31.4 Å². The zero-order valence-corrected chi connectivity index (χ0v) is 12.1. The van der Waals surface area contributed by atoms with Crippen molar-refractivity contribution in [3.8, 4) is 0 Å². The van der Waals surface area contributed by atoms with Crippen molar-refractivity contribution in [2.24, 2.45) is 5.92 Å². The average Bonchev–Trinajstić information content (AvgIpc) is 2.69. The molecule has 0 spiro atoms. The molecule has 1 aliphatic rings. The highest BCUT2D eigenvalue weighted by atomic mass is 16.2. The minimum atomic E-state index is 0.000315. The largest absolute Gasteiger partial charge is 0.344 e. The Balaban J connectivity index is 1.85. The predicted molar refractivity (Wildman–Crippen MR) is 77.9 cm³/mol. The van der Waals surface area contributed by atoms with Crippen molar-refractivity contribution in [2.45, 2.75) is 39.3 Å². The Morgan fingerprint density at radius 1 is 1.26 bits per heavy atom. The van der Waals surface area contributed by atoms with Gasteiger partial charge in [0.25, 0.3) is 0 Å². The maximum atomic E-state index is 11.8. The lowest BCUT2D eigenvalue weighted by atomic mass is 10.0. The molecule has 0 aromatic heterocycles. The van der Waals surface area contributed by atoms with Gasteiger partial charge in [-0.05, 0) is 29.9 Å². The molecule has 3 heteroatoms. The predicted octanol–water partition coefficient (Wildman–Crippen LogP) is 2.21. The van der Waals surface area contributed by atoms with Crippen molar-refractivity contribution in [3.63, 3.8) is 0 Å². The number of nitrogens with zero attached hydrogens (tertiary/aromatic N) is 1. The summed E-state index contributed by atoms with van der Waals surface area (Å²) in [4.78, 5) is 13.6. The molecule has 1 heterocycles. The molecule has 2 rings (SSSR count). The molecular weight excluding hydrogens is 236 g/mol. The van der Waals surface area contributed by atoms with Crippen LogP contribution >= 0.6 is 0 Å². The van der Waals surface area contributed by atoms with Gasteiger partial charge in [-0.15, -0.1) is 0 Å². The molecule has 1 aliphatic heterocycles. The van der Waals surface area contributed by atoms with E-state index in [0.717, 1.165) is 25.9 Å². The Morgan fingerprint density at radius 3 is 2.42 bits per heavy atom. The van der Waals surface area contributed by atoms with Crippen molar-refractivity contribution in [2.75, 3.05) is 13.6 Å². The third kappa shape index (κ3) is 3.80. The molecule has 1 atom stereocenters. The van der Waals surface area contributed by atoms with Gasteiger partial charge < -0.3 is 10.2 Å². The van der Waals surface area contributed by atoms with Gasteiger partial charge in [0, 0.05) is 20.1 Å². The number of hydrogen-bond donors (Lipinski definition) is 1. The maximum absolute atomic E-state index is 11.8. The van der Waals surface area contributed by atoms with Crippen LogP contribution in [0.3, 0.4) is 0 Å². The summed E-state index contributed by atoms with van der Waals surface area (Å²) in [5, 5.41) is 3.35. The SMILES string of the molecule is CC(C)Cc1ccc(CN[C@H]2CCN(C)C2=O)cc1. The summed E-state index contributed by atoms with van der Waals surface area (Å²) in [6, 6.07) is 8.71. The quantitative estimate of drug-likeness (QED) is 0.880. The number of likely N-dealkylation sites (tertiary alicyclic amines) is 1. The van der Waals surface area contributed by atoms with Crippen LogP contribution in [0.2, 0.25) is 0 Å². The molecule has 19 heavy (non-hydrogen) atoms. The summed E-state index contributed by atoms with van der Waals surface area (Å²) in [7, 11) is 1.87. The molecule has 0 saturated carbocycles. The van der Waals surface area contributed by atoms with Crippen LogP contribution in [-0.2, 0) is 17.8 Å². The average molecular weight is 260 g/mol. The number of nitrogens with one attached hydrogen (secondary N) is 1. The van der Waals surface area contributed by atoms with E-state index in [-0.39, 0.29) is 11.9 Å².